The van der Waals surface area contributed by atoms with Gasteiger partial charge in [0, 0.05) is 19.8 Å². The zero-order chi connectivity index (χ0) is 16.8. The zero-order valence-electron chi connectivity index (χ0n) is 13.6. The first-order valence-corrected chi connectivity index (χ1v) is 9.09. The van der Waals surface area contributed by atoms with Gasteiger partial charge in [-0.3, -0.25) is 0 Å². The molecule has 0 saturated carbocycles. The second-order valence-corrected chi connectivity index (χ2v) is 6.19. The van der Waals surface area contributed by atoms with Crippen molar-refractivity contribution in [2.45, 2.75) is 25.5 Å². The van der Waals surface area contributed by atoms with Gasteiger partial charge in [0.15, 0.2) is 0 Å². The van der Waals surface area contributed by atoms with Crippen LogP contribution in [0.25, 0.3) is 11.1 Å². The molecule has 2 atom stereocenters. The first-order chi connectivity index (χ1) is 11.1. The van der Waals surface area contributed by atoms with Gasteiger partial charge < -0.3 is 9.47 Å². The molecule has 2 rings (SSSR count). The van der Waals surface area contributed by atoms with Crippen molar-refractivity contribution >= 4 is 18.5 Å². The highest BCUT2D eigenvalue weighted by Gasteiger charge is 2.16. The second-order valence-electron chi connectivity index (χ2n) is 5.38. The average molecular weight is 352 g/mol. The minimum absolute atomic E-state index is 0.210. The summed E-state index contributed by atoms with van der Waals surface area (Å²) in [5.74, 6) is -0.210. The highest BCUT2D eigenvalue weighted by molar-refractivity contribution is 7.15. The van der Waals surface area contributed by atoms with E-state index in [1.165, 1.54) is 5.56 Å². The maximum Gasteiger partial charge on any atom is 0.131 e. The fraction of sp³-hybridized carbons (Fsp3) is 0.333. The number of hydrogen-bond donors (Lipinski definition) is 0. The number of hydrogen-bond acceptors (Lipinski definition) is 2. The van der Waals surface area contributed by atoms with E-state index in [-0.39, 0.29) is 5.82 Å². The Hall–Kier alpha value is -0.850. The monoisotopic (exact) mass is 352 g/mol. The lowest BCUT2D eigenvalue weighted by Crippen LogP contribution is -2.03. The summed E-state index contributed by atoms with van der Waals surface area (Å²) in [5, 5.41) is 0. The maximum absolute atomic E-state index is 14.7. The number of methoxy groups -OCH3 is 2. The molecule has 0 N–H and O–H groups in total. The summed E-state index contributed by atoms with van der Waals surface area (Å²) in [5.41, 5.74) is 5.57. The van der Waals surface area contributed by atoms with E-state index < -0.39 is 0 Å². The Kier molecular flexibility index (Phi) is 7.11. The molecule has 0 aliphatic heterocycles. The van der Waals surface area contributed by atoms with Gasteiger partial charge in [-0.25, -0.2) is 4.39 Å². The summed E-state index contributed by atoms with van der Waals surface area (Å²) in [6, 6.07) is 9.56. The molecule has 2 aromatic carbocycles. The second kappa shape index (κ2) is 8.85. The van der Waals surface area contributed by atoms with Crippen molar-refractivity contribution in [2.75, 3.05) is 14.2 Å². The lowest BCUT2D eigenvalue weighted by Gasteiger charge is -2.18. The van der Waals surface area contributed by atoms with Gasteiger partial charge >= 0.3 is 0 Å². The third-order valence-corrected chi connectivity index (χ3v) is 4.68. The predicted molar refractivity (Wildman–Crippen MR) is 100 cm³/mol. The standard InChI is InChI=1S/C18H23FO2P2/c1-20-8-14-5-13(11-23)6-15(9-21-2)18(14)16-4-3-12(10-22)7-17(16)19/h3-7H,8-11,22-23H2,1-2H3. The minimum atomic E-state index is -0.210. The van der Waals surface area contributed by atoms with E-state index in [1.54, 1.807) is 20.3 Å². The van der Waals surface area contributed by atoms with E-state index in [1.807, 2.05) is 12.1 Å². The Labute approximate surface area is 142 Å². The normalized spacial score (nSPS) is 11.0. The molecular weight excluding hydrogens is 329 g/mol. The predicted octanol–water partition coefficient (Wildman–Crippen LogP) is 4.54. The Morgan fingerprint density at radius 1 is 0.870 bits per heavy atom. The summed E-state index contributed by atoms with van der Waals surface area (Å²) in [4.78, 5) is 0. The van der Waals surface area contributed by atoms with E-state index in [4.69, 9.17) is 9.47 Å². The summed E-state index contributed by atoms with van der Waals surface area (Å²) in [7, 11) is 8.64. The zero-order valence-corrected chi connectivity index (χ0v) is 15.9. The van der Waals surface area contributed by atoms with Gasteiger partial charge in [-0.05, 0) is 46.2 Å². The molecular formula is C18H23FO2P2. The number of halogens is 1. The van der Waals surface area contributed by atoms with E-state index >= 15 is 0 Å². The van der Waals surface area contributed by atoms with Crippen LogP contribution in [-0.2, 0) is 35.0 Å². The molecule has 0 spiro atoms. The minimum Gasteiger partial charge on any atom is -0.380 e. The van der Waals surface area contributed by atoms with Gasteiger partial charge in [-0.2, -0.15) is 0 Å². The fourth-order valence-corrected chi connectivity index (χ4v) is 3.22. The topological polar surface area (TPSA) is 18.5 Å². The van der Waals surface area contributed by atoms with Crippen LogP contribution < -0.4 is 0 Å². The van der Waals surface area contributed by atoms with Gasteiger partial charge in [0.05, 0.1) is 13.2 Å². The van der Waals surface area contributed by atoms with Crippen LogP contribution in [0.3, 0.4) is 0 Å². The van der Waals surface area contributed by atoms with Crippen LogP contribution in [0.2, 0.25) is 0 Å². The molecule has 0 radical (unpaired) electrons. The van der Waals surface area contributed by atoms with Crippen LogP contribution in [0.5, 0.6) is 0 Å². The summed E-state index contributed by atoms with van der Waals surface area (Å²) in [6.45, 7) is 0.880. The molecule has 0 aromatic heterocycles. The third kappa shape index (κ3) is 4.37. The van der Waals surface area contributed by atoms with Gasteiger partial charge in [-0.1, -0.05) is 24.3 Å². The molecule has 0 saturated heterocycles. The summed E-state index contributed by atoms with van der Waals surface area (Å²) >= 11 is 0. The van der Waals surface area contributed by atoms with Crippen molar-refractivity contribution < 1.29 is 13.9 Å². The SMILES string of the molecule is COCc1cc(CP)cc(COC)c1-c1ccc(CP)cc1F. The van der Waals surface area contributed by atoms with E-state index in [2.05, 4.69) is 30.6 Å². The molecule has 0 heterocycles. The molecule has 2 unspecified atom stereocenters. The molecule has 2 nitrogen and oxygen atoms in total. The molecule has 0 fully saturated rings. The van der Waals surface area contributed by atoms with Crippen molar-refractivity contribution in [3.05, 3.63) is 58.4 Å². The first-order valence-electron chi connectivity index (χ1n) is 7.46. The number of ether oxygens (including phenoxy) is 2. The molecule has 124 valence electrons. The number of rotatable bonds is 7. The Balaban J connectivity index is 2.66. The van der Waals surface area contributed by atoms with E-state index in [0.29, 0.717) is 18.8 Å². The first kappa shape index (κ1) is 18.5. The number of benzene rings is 2. The largest absolute Gasteiger partial charge is 0.380 e. The average Bonchev–Trinajstić information content (AvgIpc) is 2.55. The van der Waals surface area contributed by atoms with Crippen LogP contribution in [0, 0.1) is 5.82 Å². The van der Waals surface area contributed by atoms with Gasteiger partial charge in [0.25, 0.3) is 0 Å². The molecule has 0 amide bonds. The lowest BCUT2D eigenvalue weighted by atomic mass is 9.92. The maximum atomic E-state index is 14.7. The Bertz CT molecular complexity index is 647. The van der Waals surface area contributed by atoms with Crippen LogP contribution >= 0.6 is 18.5 Å². The lowest BCUT2D eigenvalue weighted by molar-refractivity contribution is 0.180. The molecule has 2 aromatic rings. The van der Waals surface area contributed by atoms with Gasteiger partial charge in [0.2, 0.25) is 0 Å². The van der Waals surface area contributed by atoms with E-state index in [9.17, 15) is 4.39 Å². The fourth-order valence-electron chi connectivity index (χ4n) is 2.73. The summed E-state index contributed by atoms with van der Waals surface area (Å²) in [6.07, 6.45) is 1.57. The Morgan fingerprint density at radius 3 is 1.87 bits per heavy atom. The van der Waals surface area contributed by atoms with E-state index in [0.717, 1.165) is 34.6 Å². The van der Waals surface area contributed by atoms with Gasteiger partial charge in [-0.15, -0.1) is 18.5 Å². The third-order valence-electron chi connectivity index (χ3n) is 3.74. The van der Waals surface area contributed by atoms with Crippen molar-refractivity contribution in [3.63, 3.8) is 0 Å². The van der Waals surface area contributed by atoms with Crippen molar-refractivity contribution in [2.24, 2.45) is 0 Å². The van der Waals surface area contributed by atoms with Gasteiger partial charge in [0.1, 0.15) is 5.82 Å². The van der Waals surface area contributed by atoms with Crippen LogP contribution in [0.4, 0.5) is 4.39 Å². The van der Waals surface area contributed by atoms with Crippen LogP contribution in [0.15, 0.2) is 30.3 Å². The molecule has 23 heavy (non-hydrogen) atoms. The highest BCUT2D eigenvalue weighted by Crippen LogP contribution is 2.33. The summed E-state index contributed by atoms with van der Waals surface area (Å²) < 4.78 is 25.3. The van der Waals surface area contributed by atoms with Crippen molar-refractivity contribution in [1.82, 2.24) is 0 Å². The highest BCUT2D eigenvalue weighted by atomic mass is 31.0. The molecule has 0 aliphatic rings. The van der Waals surface area contributed by atoms with Crippen molar-refractivity contribution in [3.8, 4) is 11.1 Å². The van der Waals surface area contributed by atoms with Crippen LogP contribution in [-0.4, -0.2) is 14.2 Å². The Morgan fingerprint density at radius 2 is 1.43 bits per heavy atom. The smallest absolute Gasteiger partial charge is 0.131 e. The van der Waals surface area contributed by atoms with Crippen LogP contribution in [0.1, 0.15) is 22.3 Å². The quantitative estimate of drug-likeness (QED) is 0.682. The molecule has 5 heteroatoms. The van der Waals surface area contributed by atoms with Crippen molar-refractivity contribution in [1.29, 1.82) is 0 Å². The molecule has 0 bridgehead atoms. The molecule has 0 aliphatic carbocycles.